The van der Waals surface area contributed by atoms with E-state index in [1.165, 1.54) is 0 Å². The smallest absolute Gasteiger partial charge is 0.243 e. The van der Waals surface area contributed by atoms with Crippen LogP contribution in [0.4, 0.5) is 0 Å². The summed E-state index contributed by atoms with van der Waals surface area (Å²) >= 11 is 0. The molecule has 99 heavy (non-hydrogen) atoms. The van der Waals surface area contributed by atoms with Gasteiger partial charge in [-0.3, -0.25) is 52.9 Å². The third kappa shape index (κ3) is 29.0. The first-order valence-electron chi connectivity index (χ1n) is 35.1. The van der Waals surface area contributed by atoms with Crippen molar-refractivity contribution in [2.75, 3.05) is 26.2 Å². The summed E-state index contributed by atoms with van der Waals surface area (Å²) in [6.07, 6.45) is 7.08. The molecule has 25 N–H and O–H groups in total. The molecular formula is C70H115N19O10. The van der Waals surface area contributed by atoms with E-state index in [4.69, 9.17) is 40.1 Å². The van der Waals surface area contributed by atoms with Crippen molar-refractivity contribution in [2.45, 2.75) is 225 Å². The average Bonchev–Trinajstić information content (AvgIpc) is 1.74. The van der Waals surface area contributed by atoms with Gasteiger partial charge in [0.25, 0.3) is 0 Å². The molecule has 0 aliphatic carbocycles. The number of rotatable bonds is 47. The number of H-pyrrole nitrogens is 2. The van der Waals surface area contributed by atoms with E-state index >= 15 is 9.59 Å². The van der Waals surface area contributed by atoms with Crippen molar-refractivity contribution in [3.8, 4) is 0 Å². The van der Waals surface area contributed by atoms with E-state index in [-0.39, 0.29) is 126 Å². The minimum atomic E-state index is -1.43. The first-order valence-corrected chi connectivity index (χ1v) is 35.1. The number of aliphatic imine (C=N–C) groups is 1. The molecule has 2 aromatic carbocycles. The van der Waals surface area contributed by atoms with Crippen molar-refractivity contribution >= 4 is 86.8 Å². The zero-order chi connectivity index (χ0) is 73.3. The number of hydrogen-bond acceptors (Lipinski definition) is 15. The Kier molecular flexibility index (Phi) is 35.9. The van der Waals surface area contributed by atoms with E-state index in [1.54, 1.807) is 12.4 Å². The van der Waals surface area contributed by atoms with Crippen LogP contribution in [0.1, 0.15) is 163 Å². The van der Waals surface area contributed by atoms with Crippen LogP contribution in [0.3, 0.4) is 0 Å². The minimum absolute atomic E-state index is 0.00461. The molecule has 0 spiro atoms. The van der Waals surface area contributed by atoms with E-state index < -0.39 is 119 Å². The van der Waals surface area contributed by atoms with Crippen molar-refractivity contribution < 1.29 is 47.9 Å². The molecule has 0 aliphatic heterocycles. The fourth-order valence-electron chi connectivity index (χ4n) is 11.7. The molecule has 2 aromatic heterocycles. The Morgan fingerprint density at radius 2 is 0.667 bits per heavy atom. The molecule has 0 saturated carbocycles. The van der Waals surface area contributed by atoms with Crippen LogP contribution in [-0.4, -0.2) is 162 Å². The van der Waals surface area contributed by atoms with Crippen LogP contribution >= 0.6 is 0 Å². The molecule has 0 aliphatic rings. The third-order valence-electron chi connectivity index (χ3n) is 16.9. The summed E-state index contributed by atoms with van der Waals surface area (Å²) in [6.45, 7) is 15.8. The van der Waals surface area contributed by atoms with Crippen LogP contribution in [0, 0.1) is 23.7 Å². The number of guanidine groups is 1. The van der Waals surface area contributed by atoms with Gasteiger partial charge in [-0.2, -0.15) is 0 Å². The van der Waals surface area contributed by atoms with Crippen molar-refractivity contribution in [3.05, 3.63) is 72.1 Å². The van der Waals surface area contributed by atoms with Gasteiger partial charge in [-0.05, 0) is 169 Å². The molecule has 2 heterocycles. The number of aromatic nitrogens is 2. The Hall–Kier alpha value is -8.67. The van der Waals surface area contributed by atoms with E-state index in [1.807, 2.05) is 104 Å². The summed E-state index contributed by atoms with van der Waals surface area (Å²) in [6, 6.07) is 2.83. The summed E-state index contributed by atoms with van der Waals surface area (Å²) in [5.41, 5.74) is 44.3. The highest BCUT2D eigenvalue weighted by molar-refractivity contribution is 5.99. The fourth-order valence-corrected chi connectivity index (χ4v) is 11.7. The molecule has 4 rings (SSSR count). The third-order valence-corrected chi connectivity index (χ3v) is 16.9. The number of nitrogens with zero attached hydrogens (tertiary/aromatic N) is 1. The number of hydrogen-bond donors (Lipinski definition) is 18. The molecular weight excluding hydrogens is 1270 g/mol. The second-order valence-corrected chi connectivity index (χ2v) is 27.5. The van der Waals surface area contributed by atoms with Crippen molar-refractivity contribution in [1.82, 2.24) is 57.8 Å². The Bertz CT molecular complexity index is 3270. The number of carbonyl (C=O) groups excluding carboxylic acids is 10. The van der Waals surface area contributed by atoms with Gasteiger partial charge in [0.2, 0.25) is 59.1 Å². The second-order valence-electron chi connectivity index (χ2n) is 27.5. The molecule has 0 bridgehead atoms. The maximum atomic E-state index is 15.1. The molecule has 10 amide bonds. The molecule has 4 aromatic rings. The molecule has 29 nitrogen and oxygen atoms in total. The number of para-hydroxylation sites is 2. The van der Waals surface area contributed by atoms with Crippen LogP contribution < -0.4 is 88.0 Å². The molecule has 0 saturated heterocycles. The van der Waals surface area contributed by atoms with Gasteiger partial charge < -0.3 is 98.0 Å². The van der Waals surface area contributed by atoms with Crippen molar-refractivity contribution in [2.24, 2.45) is 68.8 Å². The minimum Gasteiger partial charge on any atom is -0.370 e. The first kappa shape index (κ1) is 82.8. The topological polar surface area (TPSA) is 505 Å². The molecule has 29 heteroatoms. The number of carbonyl (C=O) groups is 10. The lowest BCUT2D eigenvalue weighted by Crippen LogP contribution is -2.61. The monoisotopic (exact) mass is 1380 g/mol. The van der Waals surface area contributed by atoms with Gasteiger partial charge in [0.1, 0.15) is 54.4 Å². The largest absolute Gasteiger partial charge is 0.370 e. The lowest BCUT2D eigenvalue weighted by Gasteiger charge is -2.29. The van der Waals surface area contributed by atoms with Gasteiger partial charge in [-0.25, -0.2) is 0 Å². The standard InChI is InChI=1S/C70H115N19O10/c1-40(2)32-55(60(75)90)85-67(97)58(35-43(7)8)87-64(94)53(26-15-18-30-73)81-62(92)52(25-14-17-29-72)84-69(99)59(37-45-39-80-50-23-12-10-21-47(45)50)89-65(95)54(27-19-31-78-70(76)77)82-63(93)51(24-13-16-28-71)83-66(96)57(34-42(5)6)88-68(98)56(33-41(3)4)86-61(91)48(74)36-44-38-79-49-22-11-9-20-46(44)49/h9-12,20-23,38-43,48,51-59,79-80H,13-19,24-37,71-74H2,1-8H3,(H2,75,90)(H,81,92)(H,82,93)(H,83,96)(H,84,99)(H,85,97)(H,86,91)(H,87,94)(H,88,98)(H,89,95)(H4,76,77,78)/t48-,51-,52-,53-,54-,55-,56-,57-,58-,59-/m1/s1. The number of primary amides is 1. The zero-order valence-corrected chi connectivity index (χ0v) is 59.3. The number of nitrogens with two attached hydrogens (primary N) is 7. The number of amides is 10. The van der Waals surface area contributed by atoms with E-state index in [0.29, 0.717) is 44.1 Å². The molecule has 10 atom stereocenters. The number of aromatic amines is 2. The predicted octanol–water partition coefficient (Wildman–Crippen LogP) is 1.24. The van der Waals surface area contributed by atoms with E-state index in [0.717, 1.165) is 27.4 Å². The average molecular weight is 1380 g/mol. The summed E-state index contributed by atoms with van der Waals surface area (Å²) in [5, 5.41) is 27.0. The molecule has 550 valence electrons. The predicted molar refractivity (Wildman–Crippen MR) is 385 cm³/mol. The molecule has 0 radical (unpaired) electrons. The van der Waals surface area contributed by atoms with Gasteiger partial charge in [0, 0.05) is 47.2 Å². The van der Waals surface area contributed by atoms with Crippen molar-refractivity contribution in [3.63, 3.8) is 0 Å². The van der Waals surface area contributed by atoms with Gasteiger partial charge >= 0.3 is 0 Å². The van der Waals surface area contributed by atoms with Gasteiger partial charge in [0.15, 0.2) is 5.96 Å². The summed E-state index contributed by atoms with van der Waals surface area (Å²) in [5.74, 6) is -7.64. The van der Waals surface area contributed by atoms with Gasteiger partial charge in [-0.15, -0.1) is 0 Å². The maximum absolute atomic E-state index is 15.1. The zero-order valence-electron chi connectivity index (χ0n) is 59.3. The Morgan fingerprint density at radius 1 is 0.374 bits per heavy atom. The maximum Gasteiger partial charge on any atom is 0.243 e. The molecule has 0 fully saturated rings. The van der Waals surface area contributed by atoms with Crippen LogP contribution in [0.5, 0.6) is 0 Å². The Morgan fingerprint density at radius 3 is 1.02 bits per heavy atom. The lowest BCUT2D eigenvalue weighted by molar-refractivity contribution is -0.136. The van der Waals surface area contributed by atoms with Gasteiger partial charge in [-0.1, -0.05) is 91.8 Å². The lowest BCUT2D eigenvalue weighted by atomic mass is 9.98. The summed E-state index contributed by atoms with van der Waals surface area (Å²) < 4.78 is 0. The highest BCUT2D eigenvalue weighted by atomic mass is 16.2. The number of unbranched alkanes of at least 4 members (excludes halogenated alkanes) is 3. The highest BCUT2D eigenvalue weighted by Crippen LogP contribution is 2.22. The second kappa shape index (κ2) is 43.0. The van der Waals surface area contributed by atoms with E-state index in [2.05, 4.69) is 62.8 Å². The normalized spacial score (nSPS) is 14.6. The fraction of sp³-hybridized carbons (Fsp3) is 0.614. The van der Waals surface area contributed by atoms with Gasteiger partial charge in [0.05, 0.1) is 6.04 Å². The SMILES string of the molecule is CC(C)C[C@@H](NC(=O)[C@@H](CC(C)C)NC(=O)[C@@H](CCCCN)NC(=O)[C@@H](CCCCN)NC(=O)[C@@H](Cc1c[nH]c2ccccc12)NC(=O)[C@@H](CCCN=C(N)N)NC(=O)[C@@H](CCCCN)NC(=O)[C@@H](CC(C)C)NC(=O)[C@@H](CC(C)C)NC(=O)[C@H](N)Cc1c[nH]c2ccccc12)C(N)=O. The molecule has 0 unspecified atom stereocenters. The van der Waals surface area contributed by atoms with E-state index in [9.17, 15) is 38.4 Å². The Labute approximate surface area is 582 Å². The van der Waals surface area contributed by atoms with Crippen molar-refractivity contribution in [1.29, 1.82) is 0 Å². The summed E-state index contributed by atoms with van der Waals surface area (Å²) in [7, 11) is 0. The van der Waals surface area contributed by atoms with Crippen LogP contribution in [0.2, 0.25) is 0 Å². The number of nitrogens with one attached hydrogen (secondary N) is 11. The van der Waals surface area contributed by atoms with Crippen LogP contribution in [0.15, 0.2) is 65.9 Å². The Balaban J connectivity index is 1.68. The highest BCUT2D eigenvalue weighted by Gasteiger charge is 2.37. The van der Waals surface area contributed by atoms with Crippen LogP contribution in [-0.2, 0) is 60.8 Å². The van der Waals surface area contributed by atoms with Crippen LogP contribution in [0.25, 0.3) is 21.8 Å². The number of fused-ring (bicyclic) bond motifs is 2. The first-order chi connectivity index (χ1) is 47.0. The summed E-state index contributed by atoms with van der Waals surface area (Å²) in [4.78, 5) is 154. The quantitative estimate of drug-likeness (QED) is 0.0168. The number of benzene rings is 2.